The number of likely N-dealkylation sites (tertiary alicyclic amines) is 1. The van der Waals surface area contributed by atoms with Gasteiger partial charge in [-0.05, 0) is 93.7 Å². The lowest BCUT2D eigenvalue weighted by atomic mass is 9.89. The molecule has 2 amide bonds. The van der Waals surface area contributed by atoms with Crippen molar-refractivity contribution in [1.29, 1.82) is 0 Å². The van der Waals surface area contributed by atoms with E-state index in [0.717, 1.165) is 50.5 Å². The topological polar surface area (TPSA) is 154 Å². The quantitative estimate of drug-likeness (QED) is 0.105. The predicted octanol–water partition coefficient (Wildman–Crippen LogP) is 7.60. The van der Waals surface area contributed by atoms with Crippen molar-refractivity contribution in [3.63, 3.8) is 0 Å². The predicted molar refractivity (Wildman–Crippen MR) is 206 cm³/mol. The van der Waals surface area contributed by atoms with Crippen LogP contribution in [-0.2, 0) is 25.5 Å². The number of rotatable bonds is 17. The summed E-state index contributed by atoms with van der Waals surface area (Å²) in [6, 6.07) is 12.5. The number of benzene rings is 2. The molecule has 0 radical (unpaired) electrons. The molecule has 2 aliphatic carbocycles. The van der Waals surface area contributed by atoms with E-state index in [1.54, 1.807) is 35.2 Å². The molecule has 54 heavy (non-hydrogen) atoms. The Bertz CT molecular complexity index is 1690. The van der Waals surface area contributed by atoms with Crippen LogP contribution in [0.4, 0.5) is 4.79 Å². The van der Waals surface area contributed by atoms with E-state index < -0.39 is 30.0 Å². The molecule has 2 aromatic carbocycles. The zero-order valence-corrected chi connectivity index (χ0v) is 32.0. The summed E-state index contributed by atoms with van der Waals surface area (Å²) in [5, 5.41) is 3.37. The fourth-order valence-corrected chi connectivity index (χ4v) is 8.51. The fourth-order valence-electron chi connectivity index (χ4n) is 8.30. The van der Waals surface area contributed by atoms with Crippen LogP contribution in [0, 0.1) is 11.8 Å². The van der Waals surface area contributed by atoms with Gasteiger partial charge >= 0.3 is 6.09 Å². The van der Waals surface area contributed by atoms with Crippen molar-refractivity contribution < 1.29 is 33.1 Å². The first kappa shape index (κ1) is 39.9. The van der Waals surface area contributed by atoms with E-state index in [2.05, 4.69) is 10.3 Å². The lowest BCUT2D eigenvalue weighted by Crippen LogP contribution is -2.53. The first-order valence-electron chi connectivity index (χ1n) is 20.0. The highest BCUT2D eigenvalue weighted by Crippen LogP contribution is 2.31. The molecule has 0 spiro atoms. The maximum atomic E-state index is 14.7. The first-order valence-corrected chi connectivity index (χ1v) is 20.4. The number of Topliss-reactive ketones (excluding diaryl/α,β-unsaturated/α-hetero) is 2. The standard InChI is InChI=1S/C42H55ClN4O7/c43-31-16-11-14-29(22-31)23-35(46-42(51)53-32-17-5-2-6-18-32)41(50)47-26-33(52-27-28-12-3-1-4-13-28)25-36(47)37(48)24-30(15-9-10-21-44)39(49)40-45-34-19-7-8-20-38(34)54-40/h7-8,11,14,16,19-20,22,28,30,32-33,35-36H,1-6,9-10,12-13,15,17-18,21,23-27,44H2,(H,46,51)/t30-,33-,35-,36+/m1/s1. The smallest absolute Gasteiger partial charge is 0.408 e. The summed E-state index contributed by atoms with van der Waals surface area (Å²) in [6.07, 6.45) is 11.4. The van der Waals surface area contributed by atoms with Gasteiger partial charge in [-0.1, -0.05) is 68.0 Å². The second-order valence-electron chi connectivity index (χ2n) is 15.4. The van der Waals surface area contributed by atoms with E-state index in [1.165, 1.54) is 19.3 Å². The Labute approximate surface area is 323 Å². The number of amides is 2. The molecule has 1 aliphatic heterocycles. The maximum Gasteiger partial charge on any atom is 0.408 e. The molecule has 6 rings (SSSR count). The summed E-state index contributed by atoms with van der Waals surface area (Å²) in [7, 11) is 0. The van der Waals surface area contributed by atoms with Gasteiger partial charge in [0.1, 0.15) is 17.7 Å². The van der Waals surface area contributed by atoms with Gasteiger partial charge in [0.2, 0.25) is 11.7 Å². The third-order valence-corrected chi connectivity index (χ3v) is 11.5. The van der Waals surface area contributed by atoms with Crippen molar-refractivity contribution >= 4 is 46.3 Å². The number of fused-ring (bicyclic) bond motifs is 1. The van der Waals surface area contributed by atoms with Crippen LogP contribution in [-0.4, -0.2) is 77.4 Å². The van der Waals surface area contributed by atoms with E-state index >= 15 is 0 Å². The minimum absolute atomic E-state index is 0.0305. The molecule has 11 nitrogen and oxygen atoms in total. The summed E-state index contributed by atoms with van der Waals surface area (Å²) in [5.41, 5.74) is 7.62. The number of alkyl carbamates (subject to hydrolysis) is 1. The molecule has 3 fully saturated rings. The molecule has 3 aromatic rings. The van der Waals surface area contributed by atoms with E-state index in [-0.39, 0.29) is 49.1 Å². The minimum Gasteiger partial charge on any atom is -0.446 e. The molecular weight excluding hydrogens is 708 g/mol. The molecule has 3 aliphatic rings. The number of carbonyl (C=O) groups excluding carboxylic acids is 4. The Morgan fingerprint density at radius 3 is 2.44 bits per heavy atom. The third kappa shape index (κ3) is 10.9. The van der Waals surface area contributed by atoms with Crippen LogP contribution in [0.25, 0.3) is 11.1 Å². The zero-order valence-electron chi connectivity index (χ0n) is 31.2. The molecule has 0 unspecified atom stereocenters. The van der Waals surface area contributed by atoms with Gasteiger partial charge in [-0.25, -0.2) is 9.78 Å². The highest BCUT2D eigenvalue weighted by Gasteiger charge is 2.44. The molecule has 2 saturated carbocycles. The summed E-state index contributed by atoms with van der Waals surface area (Å²) < 4.78 is 18.1. The monoisotopic (exact) mass is 762 g/mol. The van der Waals surface area contributed by atoms with Crippen molar-refractivity contribution in [3.05, 3.63) is 65.0 Å². The highest BCUT2D eigenvalue weighted by atomic mass is 35.5. The Balaban J connectivity index is 1.23. The number of carbonyl (C=O) groups is 4. The van der Waals surface area contributed by atoms with Crippen LogP contribution in [0.5, 0.6) is 0 Å². The lowest BCUT2D eigenvalue weighted by molar-refractivity contribution is -0.139. The fraction of sp³-hybridized carbons (Fsp3) is 0.595. The number of hydrogen-bond donors (Lipinski definition) is 2. The number of nitrogens with two attached hydrogens (primary N) is 1. The van der Waals surface area contributed by atoms with Crippen LogP contribution in [0.3, 0.4) is 0 Å². The molecule has 4 atom stereocenters. The average Bonchev–Trinajstić information content (AvgIpc) is 3.82. The Hall–Kier alpha value is -3.80. The van der Waals surface area contributed by atoms with Crippen LogP contribution in [0.2, 0.25) is 5.02 Å². The molecule has 3 N–H and O–H groups in total. The molecule has 12 heteroatoms. The zero-order chi connectivity index (χ0) is 37.9. The molecule has 1 saturated heterocycles. The number of ketones is 2. The van der Waals surface area contributed by atoms with Crippen LogP contribution in [0.1, 0.15) is 113 Å². The maximum absolute atomic E-state index is 14.7. The summed E-state index contributed by atoms with van der Waals surface area (Å²) >= 11 is 6.32. The van der Waals surface area contributed by atoms with Gasteiger partial charge in [-0.2, -0.15) is 0 Å². The van der Waals surface area contributed by atoms with Gasteiger partial charge in [0, 0.05) is 43.4 Å². The van der Waals surface area contributed by atoms with Crippen molar-refractivity contribution in [1.82, 2.24) is 15.2 Å². The van der Waals surface area contributed by atoms with Crippen LogP contribution < -0.4 is 11.1 Å². The summed E-state index contributed by atoms with van der Waals surface area (Å²) in [4.78, 5) is 62.4. The number of oxazole rings is 1. The van der Waals surface area contributed by atoms with Crippen molar-refractivity contribution in [2.24, 2.45) is 17.6 Å². The number of nitrogens with zero attached hydrogens (tertiary/aromatic N) is 2. The second kappa shape index (κ2) is 19.7. The number of hydrogen-bond acceptors (Lipinski definition) is 9. The first-order chi connectivity index (χ1) is 26.3. The number of aromatic nitrogens is 1. The van der Waals surface area contributed by atoms with Gasteiger partial charge in [0.25, 0.3) is 5.89 Å². The van der Waals surface area contributed by atoms with Crippen LogP contribution >= 0.6 is 11.6 Å². The van der Waals surface area contributed by atoms with Gasteiger partial charge in [0.05, 0.1) is 12.1 Å². The SMILES string of the molecule is NCCCC[C@H](CC(=O)[C@@H]1C[C@@H](OCC2CCCCC2)CN1C(=O)[C@@H](Cc1cccc(Cl)c1)NC(=O)OC1CCCCC1)C(=O)c1nc2ccccc2o1. The molecule has 292 valence electrons. The van der Waals surface area contributed by atoms with E-state index in [4.69, 9.17) is 31.2 Å². The van der Waals surface area contributed by atoms with Gasteiger partial charge in [-0.15, -0.1) is 0 Å². The summed E-state index contributed by atoms with van der Waals surface area (Å²) in [6.45, 7) is 1.24. The Morgan fingerprint density at radius 1 is 0.944 bits per heavy atom. The lowest BCUT2D eigenvalue weighted by Gasteiger charge is -2.30. The number of para-hydroxylation sites is 2. The van der Waals surface area contributed by atoms with Crippen molar-refractivity contribution in [2.45, 2.75) is 127 Å². The third-order valence-electron chi connectivity index (χ3n) is 11.3. The van der Waals surface area contributed by atoms with Crippen LogP contribution in [0.15, 0.2) is 52.9 Å². The van der Waals surface area contributed by atoms with E-state index in [9.17, 15) is 19.2 Å². The number of nitrogens with one attached hydrogen (secondary N) is 1. The number of unbranched alkanes of at least 4 members (excludes halogenated alkanes) is 1. The largest absolute Gasteiger partial charge is 0.446 e. The van der Waals surface area contributed by atoms with Gasteiger partial charge < -0.3 is 29.8 Å². The highest BCUT2D eigenvalue weighted by molar-refractivity contribution is 6.30. The summed E-state index contributed by atoms with van der Waals surface area (Å²) in [5.74, 6) is -1.27. The van der Waals surface area contributed by atoms with Crippen molar-refractivity contribution in [3.8, 4) is 0 Å². The normalized spacial score (nSPS) is 20.8. The average molecular weight is 763 g/mol. The molecular formula is C42H55ClN4O7. The minimum atomic E-state index is -1.02. The number of ether oxygens (including phenoxy) is 2. The number of halogens is 1. The second-order valence-corrected chi connectivity index (χ2v) is 15.8. The molecule has 2 heterocycles. The Kier molecular flexibility index (Phi) is 14.5. The Morgan fingerprint density at radius 2 is 1.70 bits per heavy atom. The van der Waals surface area contributed by atoms with Gasteiger partial charge in [0.15, 0.2) is 11.4 Å². The van der Waals surface area contributed by atoms with E-state index in [1.807, 2.05) is 18.2 Å². The van der Waals surface area contributed by atoms with E-state index in [0.29, 0.717) is 60.9 Å². The van der Waals surface area contributed by atoms with Crippen molar-refractivity contribution in [2.75, 3.05) is 19.7 Å². The van der Waals surface area contributed by atoms with Gasteiger partial charge in [-0.3, -0.25) is 14.4 Å². The molecule has 1 aromatic heterocycles. The molecule has 0 bridgehead atoms.